The quantitative estimate of drug-likeness (QED) is 0.738. The lowest BCUT2D eigenvalue weighted by Crippen LogP contribution is -2.18. The molecule has 0 saturated heterocycles. The van der Waals surface area contributed by atoms with Crippen molar-refractivity contribution in [3.8, 4) is 5.75 Å². The first kappa shape index (κ1) is 9.93. The Morgan fingerprint density at radius 3 is 2.93 bits per heavy atom. The van der Waals surface area contributed by atoms with E-state index in [-0.39, 0.29) is 5.78 Å². The number of rotatable bonds is 2. The molecule has 1 aliphatic rings. The summed E-state index contributed by atoms with van der Waals surface area (Å²) in [5.74, 6) is 0.650. The van der Waals surface area contributed by atoms with E-state index in [1.54, 1.807) is 19.3 Å². The van der Waals surface area contributed by atoms with E-state index < -0.39 is 6.10 Å². The van der Waals surface area contributed by atoms with Gasteiger partial charge in [-0.05, 0) is 12.1 Å². The average Bonchev–Trinajstić information content (AvgIpc) is 2.30. The number of para-hydroxylation sites is 1. The fraction of sp³-hybridized carbons (Fsp3) is 0.250. The zero-order valence-electron chi connectivity index (χ0n) is 8.47. The molecule has 1 atom stereocenters. The standard InChI is InChI=1S/C12H12O3/c1-14-11-7-3-2-5-9(11)12-10(13)6-4-8-15-12/h2-7,12H,8H2,1H3. The summed E-state index contributed by atoms with van der Waals surface area (Å²) in [7, 11) is 1.59. The van der Waals surface area contributed by atoms with Crippen LogP contribution in [0.1, 0.15) is 11.7 Å². The number of hydrogen-bond acceptors (Lipinski definition) is 3. The maximum Gasteiger partial charge on any atom is 0.188 e. The van der Waals surface area contributed by atoms with Crippen LogP contribution in [0.4, 0.5) is 0 Å². The van der Waals surface area contributed by atoms with Crippen LogP contribution in [0.15, 0.2) is 36.4 Å². The molecule has 0 N–H and O–H groups in total. The Bertz CT molecular complexity index is 396. The monoisotopic (exact) mass is 204 g/mol. The van der Waals surface area contributed by atoms with Crippen molar-refractivity contribution in [2.75, 3.05) is 13.7 Å². The van der Waals surface area contributed by atoms with Gasteiger partial charge in [-0.15, -0.1) is 0 Å². The summed E-state index contributed by atoms with van der Waals surface area (Å²) >= 11 is 0. The van der Waals surface area contributed by atoms with Crippen LogP contribution in [0.2, 0.25) is 0 Å². The van der Waals surface area contributed by atoms with Crippen LogP contribution in [-0.4, -0.2) is 19.5 Å². The van der Waals surface area contributed by atoms with Gasteiger partial charge in [0.2, 0.25) is 0 Å². The van der Waals surface area contributed by atoms with E-state index in [2.05, 4.69) is 0 Å². The molecule has 0 spiro atoms. The van der Waals surface area contributed by atoms with Crippen LogP contribution in [0.5, 0.6) is 5.75 Å². The Morgan fingerprint density at radius 2 is 2.20 bits per heavy atom. The summed E-state index contributed by atoms with van der Waals surface area (Å²) in [5, 5.41) is 0. The lowest BCUT2D eigenvalue weighted by atomic mass is 10.0. The third-order valence-electron chi connectivity index (χ3n) is 2.32. The first-order chi connectivity index (χ1) is 7.33. The van der Waals surface area contributed by atoms with Crippen LogP contribution in [0.25, 0.3) is 0 Å². The second-order valence-electron chi connectivity index (χ2n) is 3.26. The highest BCUT2D eigenvalue weighted by Crippen LogP contribution is 2.29. The van der Waals surface area contributed by atoms with Crippen molar-refractivity contribution in [3.63, 3.8) is 0 Å². The van der Waals surface area contributed by atoms with Crippen molar-refractivity contribution >= 4 is 5.78 Å². The van der Waals surface area contributed by atoms with Crippen molar-refractivity contribution in [2.45, 2.75) is 6.10 Å². The molecule has 1 aliphatic heterocycles. The first-order valence-corrected chi connectivity index (χ1v) is 4.78. The number of ketones is 1. The Labute approximate surface area is 88.3 Å². The molecule has 1 aromatic carbocycles. The van der Waals surface area contributed by atoms with Gasteiger partial charge >= 0.3 is 0 Å². The number of methoxy groups -OCH3 is 1. The highest BCUT2D eigenvalue weighted by Gasteiger charge is 2.24. The molecule has 1 unspecified atom stereocenters. The molecule has 0 aromatic heterocycles. The predicted octanol–water partition coefficient (Wildman–Crippen LogP) is 1.89. The maximum absolute atomic E-state index is 11.6. The van der Waals surface area contributed by atoms with Gasteiger partial charge in [-0.1, -0.05) is 24.3 Å². The Morgan fingerprint density at radius 1 is 1.40 bits per heavy atom. The normalized spacial score (nSPS) is 20.3. The van der Waals surface area contributed by atoms with Crippen LogP contribution in [0.3, 0.4) is 0 Å². The van der Waals surface area contributed by atoms with Gasteiger partial charge in [0.15, 0.2) is 5.78 Å². The fourth-order valence-electron chi connectivity index (χ4n) is 1.61. The maximum atomic E-state index is 11.6. The number of hydrogen-bond donors (Lipinski definition) is 0. The van der Waals surface area contributed by atoms with Crippen LogP contribution in [0, 0.1) is 0 Å². The highest BCUT2D eigenvalue weighted by molar-refractivity contribution is 5.95. The third-order valence-corrected chi connectivity index (χ3v) is 2.32. The van der Waals surface area contributed by atoms with Crippen molar-refractivity contribution in [3.05, 3.63) is 42.0 Å². The molecule has 0 saturated carbocycles. The molecule has 0 radical (unpaired) electrons. The number of carbonyl (C=O) groups is 1. The molecule has 1 aromatic rings. The van der Waals surface area contributed by atoms with Crippen LogP contribution < -0.4 is 4.74 Å². The number of ether oxygens (including phenoxy) is 2. The van der Waals surface area contributed by atoms with E-state index in [0.29, 0.717) is 12.4 Å². The number of benzene rings is 1. The second-order valence-corrected chi connectivity index (χ2v) is 3.26. The molecule has 0 aliphatic carbocycles. The van der Waals surface area contributed by atoms with Gasteiger partial charge in [-0.3, -0.25) is 4.79 Å². The van der Waals surface area contributed by atoms with Crippen LogP contribution >= 0.6 is 0 Å². The SMILES string of the molecule is COc1ccccc1C1OCC=CC1=O. The second kappa shape index (κ2) is 4.28. The smallest absolute Gasteiger partial charge is 0.188 e. The topological polar surface area (TPSA) is 35.5 Å². The summed E-state index contributed by atoms with van der Waals surface area (Å²) < 4.78 is 10.6. The third kappa shape index (κ3) is 1.92. The molecule has 78 valence electrons. The first-order valence-electron chi connectivity index (χ1n) is 4.78. The summed E-state index contributed by atoms with van der Waals surface area (Å²) in [4.78, 5) is 11.6. The largest absolute Gasteiger partial charge is 0.496 e. The van der Waals surface area contributed by atoms with E-state index in [0.717, 1.165) is 5.56 Å². The van der Waals surface area contributed by atoms with Gasteiger partial charge in [-0.2, -0.15) is 0 Å². The van der Waals surface area contributed by atoms with Gasteiger partial charge in [0.1, 0.15) is 11.9 Å². The minimum absolute atomic E-state index is 0.0363. The van der Waals surface area contributed by atoms with E-state index in [4.69, 9.17) is 9.47 Å². The van der Waals surface area contributed by atoms with Crippen molar-refractivity contribution in [1.29, 1.82) is 0 Å². The molecular weight excluding hydrogens is 192 g/mol. The van der Waals surface area contributed by atoms with Crippen molar-refractivity contribution in [1.82, 2.24) is 0 Å². The molecule has 0 amide bonds. The highest BCUT2D eigenvalue weighted by atomic mass is 16.5. The van der Waals surface area contributed by atoms with Gasteiger partial charge < -0.3 is 9.47 Å². The van der Waals surface area contributed by atoms with E-state index >= 15 is 0 Å². The van der Waals surface area contributed by atoms with E-state index in [9.17, 15) is 4.79 Å². The van der Waals surface area contributed by atoms with Crippen LogP contribution in [-0.2, 0) is 9.53 Å². The van der Waals surface area contributed by atoms with Gasteiger partial charge in [-0.25, -0.2) is 0 Å². The van der Waals surface area contributed by atoms with Crippen molar-refractivity contribution in [2.24, 2.45) is 0 Å². The predicted molar refractivity (Wildman–Crippen MR) is 55.8 cm³/mol. The molecule has 0 fully saturated rings. The lowest BCUT2D eigenvalue weighted by Gasteiger charge is -2.19. The molecule has 15 heavy (non-hydrogen) atoms. The molecule has 1 heterocycles. The Kier molecular flexibility index (Phi) is 2.83. The van der Waals surface area contributed by atoms with E-state index in [1.165, 1.54) is 0 Å². The number of carbonyl (C=O) groups excluding carboxylic acids is 1. The van der Waals surface area contributed by atoms with E-state index in [1.807, 2.05) is 24.3 Å². The minimum atomic E-state index is -0.522. The average molecular weight is 204 g/mol. The van der Waals surface area contributed by atoms with Gasteiger partial charge in [0.25, 0.3) is 0 Å². The summed E-state index contributed by atoms with van der Waals surface area (Å²) in [6.07, 6.45) is 2.75. The Hall–Kier alpha value is -1.61. The zero-order valence-corrected chi connectivity index (χ0v) is 8.47. The lowest BCUT2D eigenvalue weighted by molar-refractivity contribution is -0.126. The van der Waals surface area contributed by atoms with Crippen molar-refractivity contribution < 1.29 is 14.3 Å². The zero-order chi connectivity index (χ0) is 10.7. The Balaban J connectivity index is 2.36. The molecule has 3 heteroatoms. The summed E-state index contributed by atoms with van der Waals surface area (Å²) in [5.41, 5.74) is 0.786. The summed E-state index contributed by atoms with van der Waals surface area (Å²) in [6.45, 7) is 0.467. The molecule has 3 nitrogen and oxygen atoms in total. The summed E-state index contributed by atoms with van der Waals surface area (Å²) in [6, 6.07) is 7.41. The minimum Gasteiger partial charge on any atom is -0.496 e. The fourth-order valence-corrected chi connectivity index (χ4v) is 1.61. The molecule has 2 rings (SSSR count). The molecule has 0 bridgehead atoms. The van der Waals surface area contributed by atoms with Gasteiger partial charge in [0.05, 0.1) is 13.7 Å². The van der Waals surface area contributed by atoms with Gasteiger partial charge in [0, 0.05) is 5.56 Å². The molecular formula is C12H12O3.